The minimum absolute atomic E-state index is 0.136. The number of ether oxygens (including phenoxy) is 2. The third-order valence-corrected chi connectivity index (χ3v) is 2.66. The van der Waals surface area contributed by atoms with Crippen molar-refractivity contribution in [3.8, 4) is 6.07 Å². The Kier molecular flexibility index (Phi) is 2.03. The lowest BCUT2D eigenvalue weighted by Crippen LogP contribution is -2.35. The van der Waals surface area contributed by atoms with Crippen molar-refractivity contribution in [1.82, 2.24) is 0 Å². The van der Waals surface area contributed by atoms with E-state index in [1.165, 1.54) is 0 Å². The van der Waals surface area contributed by atoms with Crippen molar-refractivity contribution in [3.05, 3.63) is 0 Å². The first kappa shape index (κ1) is 8.03. The van der Waals surface area contributed by atoms with Gasteiger partial charge in [-0.15, -0.1) is 0 Å². The zero-order chi connectivity index (χ0) is 8.44. The maximum Gasteiger partial charge on any atom is 0.169 e. The Morgan fingerprint density at radius 2 is 2.08 bits per heavy atom. The van der Waals surface area contributed by atoms with Crippen molar-refractivity contribution >= 4 is 0 Å². The zero-order valence-electron chi connectivity index (χ0n) is 7.08. The lowest BCUT2D eigenvalue weighted by Gasteiger charge is -2.33. The largest absolute Gasteiger partial charge is 0.347 e. The van der Waals surface area contributed by atoms with Crippen LogP contribution in [0.4, 0.5) is 0 Å². The van der Waals surface area contributed by atoms with Gasteiger partial charge in [0.25, 0.3) is 0 Å². The summed E-state index contributed by atoms with van der Waals surface area (Å²) in [7, 11) is 0. The van der Waals surface area contributed by atoms with E-state index in [0.717, 1.165) is 25.7 Å². The first-order valence-electron chi connectivity index (χ1n) is 4.52. The van der Waals surface area contributed by atoms with Crippen LogP contribution in [0, 0.1) is 17.2 Å². The summed E-state index contributed by atoms with van der Waals surface area (Å²) in [6, 6.07) is 2.30. The summed E-state index contributed by atoms with van der Waals surface area (Å²) >= 11 is 0. The quantitative estimate of drug-likeness (QED) is 0.548. The smallest absolute Gasteiger partial charge is 0.169 e. The predicted molar refractivity (Wildman–Crippen MR) is 42.2 cm³/mol. The van der Waals surface area contributed by atoms with Gasteiger partial charge in [-0.25, -0.2) is 0 Å². The third-order valence-electron chi connectivity index (χ3n) is 2.66. The van der Waals surface area contributed by atoms with Crippen LogP contribution >= 0.6 is 0 Å². The molecule has 0 amide bonds. The van der Waals surface area contributed by atoms with Gasteiger partial charge in [-0.05, 0) is 12.8 Å². The molecule has 2 aliphatic rings. The van der Waals surface area contributed by atoms with Gasteiger partial charge in [0, 0.05) is 12.8 Å². The molecule has 0 bridgehead atoms. The number of rotatable bonds is 0. The molecule has 1 atom stereocenters. The van der Waals surface area contributed by atoms with Crippen molar-refractivity contribution in [3.63, 3.8) is 0 Å². The first-order chi connectivity index (χ1) is 5.85. The van der Waals surface area contributed by atoms with Crippen LogP contribution in [-0.2, 0) is 9.47 Å². The van der Waals surface area contributed by atoms with E-state index >= 15 is 0 Å². The maximum atomic E-state index is 8.77. The molecule has 1 spiro atoms. The molecule has 1 unspecified atom stereocenters. The van der Waals surface area contributed by atoms with E-state index in [0.29, 0.717) is 13.2 Å². The van der Waals surface area contributed by atoms with E-state index in [4.69, 9.17) is 14.7 Å². The fourth-order valence-electron chi connectivity index (χ4n) is 2.07. The van der Waals surface area contributed by atoms with Crippen LogP contribution in [0.15, 0.2) is 0 Å². The van der Waals surface area contributed by atoms with Gasteiger partial charge in [0.05, 0.1) is 25.2 Å². The van der Waals surface area contributed by atoms with Gasteiger partial charge >= 0.3 is 0 Å². The summed E-state index contributed by atoms with van der Waals surface area (Å²) in [5.74, 6) is -0.240. The van der Waals surface area contributed by atoms with E-state index in [2.05, 4.69) is 6.07 Å². The second-order valence-electron chi connectivity index (χ2n) is 3.53. The van der Waals surface area contributed by atoms with Crippen LogP contribution < -0.4 is 0 Å². The monoisotopic (exact) mass is 167 g/mol. The molecule has 12 heavy (non-hydrogen) atoms. The van der Waals surface area contributed by atoms with E-state index in [-0.39, 0.29) is 11.7 Å². The molecule has 1 heterocycles. The molecule has 0 aromatic heterocycles. The molecule has 3 heteroatoms. The molecule has 66 valence electrons. The van der Waals surface area contributed by atoms with Crippen LogP contribution in [0.2, 0.25) is 0 Å². The van der Waals surface area contributed by atoms with Crippen LogP contribution in [0.25, 0.3) is 0 Å². The molecule has 1 saturated heterocycles. The SMILES string of the molecule is N#CC1CCCC2(C1)OCCO2. The summed E-state index contributed by atoms with van der Waals surface area (Å²) in [6.45, 7) is 1.39. The van der Waals surface area contributed by atoms with Crippen molar-refractivity contribution < 1.29 is 9.47 Å². The minimum atomic E-state index is -0.376. The normalized spacial score (nSPS) is 33.4. The molecule has 2 fully saturated rings. The third kappa shape index (κ3) is 1.33. The van der Waals surface area contributed by atoms with Gasteiger partial charge in [-0.3, -0.25) is 0 Å². The number of nitrogens with zero attached hydrogens (tertiary/aromatic N) is 1. The Hall–Kier alpha value is -0.590. The van der Waals surface area contributed by atoms with Gasteiger partial charge in [-0.1, -0.05) is 0 Å². The molecular formula is C9H13NO2. The molecule has 0 aromatic rings. The zero-order valence-corrected chi connectivity index (χ0v) is 7.08. The number of hydrogen-bond donors (Lipinski definition) is 0. The number of hydrogen-bond acceptors (Lipinski definition) is 3. The topological polar surface area (TPSA) is 42.2 Å². The highest BCUT2D eigenvalue weighted by Crippen LogP contribution is 2.38. The molecule has 0 aromatic carbocycles. The highest BCUT2D eigenvalue weighted by atomic mass is 16.7. The predicted octanol–water partition coefficient (Wildman–Crippen LogP) is 1.44. The average molecular weight is 167 g/mol. The number of nitriles is 1. The van der Waals surface area contributed by atoms with Crippen LogP contribution in [-0.4, -0.2) is 19.0 Å². The van der Waals surface area contributed by atoms with Gasteiger partial charge in [0.15, 0.2) is 5.79 Å². The molecule has 0 radical (unpaired) electrons. The Morgan fingerprint density at radius 3 is 2.75 bits per heavy atom. The van der Waals surface area contributed by atoms with E-state index in [1.807, 2.05) is 0 Å². The van der Waals surface area contributed by atoms with E-state index in [9.17, 15) is 0 Å². The molecule has 0 N–H and O–H groups in total. The van der Waals surface area contributed by atoms with Crippen LogP contribution in [0.3, 0.4) is 0 Å². The highest BCUT2D eigenvalue weighted by Gasteiger charge is 2.41. The molecule has 2 rings (SSSR count). The summed E-state index contributed by atoms with van der Waals surface area (Å²) in [4.78, 5) is 0. The lowest BCUT2D eigenvalue weighted by atomic mass is 9.86. The van der Waals surface area contributed by atoms with Gasteiger partial charge in [-0.2, -0.15) is 5.26 Å². The molecule has 1 saturated carbocycles. The van der Waals surface area contributed by atoms with Crippen LogP contribution in [0.5, 0.6) is 0 Å². The average Bonchev–Trinajstić information content (AvgIpc) is 2.53. The Balaban J connectivity index is 2.02. The molecule has 1 aliphatic heterocycles. The van der Waals surface area contributed by atoms with Crippen molar-refractivity contribution in [1.29, 1.82) is 5.26 Å². The molecule has 3 nitrogen and oxygen atoms in total. The van der Waals surface area contributed by atoms with E-state index < -0.39 is 0 Å². The van der Waals surface area contributed by atoms with Crippen molar-refractivity contribution in [2.45, 2.75) is 31.5 Å². The summed E-state index contributed by atoms with van der Waals surface area (Å²) in [5, 5.41) is 8.77. The fourth-order valence-corrected chi connectivity index (χ4v) is 2.07. The second-order valence-corrected chi connectivity index (χ2v) is 3.53. The Bertz CT molecular complexity index is 203. The van der Waals surface area contributed by atoms with Gasteiger partial charge < -0.3 is 9.47 Å². The minimum Gasteiger partial charge on any atom is -0.347 e. The maximum absolute atomic E-state index is 8.77. The van der Waals surface area contributed by atoms with Gasteiger partial charge in [0.2, 0.25) is 0 Å². The summed E-state index contributed by atoms with van der Waals surface area (Å²) in [6.07, 6.45) is 3.79. The molecule has 1 aliphatic carbocycles. The fraction of sp³-hybridized carbons (Fsp3) is 0.889. The van der Waals surface area contributed by atoms with Crippen molar-refractivity contribution in [2.75, 3.05) is 13.2 Å². The lowest BCUT2D eigenvalue weighted by molar-refractivity contribution is -0.182. The standard InChI is InChI=1S/C9H13NO2/c10-7-8-2-1-3-9(6-8)11-4-5-12-9/h8H,1-6H2. The highest BCUT2D eigenvalue weighted by molar-refractivity contribution is 4.92. The first-order valence-corrected chi connectivity index (χ1v) is 4.52. The van der Waals surface area contributed by atoms with Gasteiger partial charge in [0.1, 0.15) is 0 Å². The molecular weight excluding hydrogens is 154 g/mol. The van der Waals surface area contributed by atoms with Crippen molar-refractivity contribution in [2.24, 2.45) is 5.92 Å². The Morgan fingerprint density at radius 1 is 1.33 bits per heavy atom. The summed E-state index contributed by atoms with van der Waals surface area (Å²) in [5.41, 5.74) is 0. The van der Waals surface area contributed by atoms with E-state index in [1.54, 1.807) is 0 Å². The Labute approximate surface area is 72.3 Å². The summed E-state index contributed by atoms with van der Waals surface area (Å²) < 4.78 is 11.1. The van der Waals surface area contributed by atoms with Crippen LogP contribution in [0.1, 0.15) is 25.7 Å². The second kappa shape index (κ2) is 3.04.